The fourth-order valence-corrected chi connectivity index (χ4v) is 3.57. The Labute approximate surface area is 164 Å². The smallest absolute Gasteiger partial charge is 0.331 e. The van der Waals surface area contributed by atoms with Gasteiger partial charge in [0.05, 0.1) is 7.14 Å². The molecular weight excluding hydrogens is 552 g/mol. The van der Waals surface area contributed by atoms with Gasteiger partial charge in [0.15, 0.2) is 6.10 Å². The van der Waals surface area contributed by atoms with Crippen LogP contribution in [0, 0.1) is 13.1 Å². The van der Waals surface area contributed by atoms with Gasteiger partial charge in [-0.2, -0.15) is 8.78 Å². The Morgan fingerprint density at radius 1 is 1.29 bits per heavy atom. The summed E-state index contributed by atoms with van der Waals surface area (Å²) in [5.74, 6) is -8.82. The van der Waals surface area contributed by atoms with Gasteiger partial charge in [-0.1, -0.05) is 13.8 Å². The minimum Gasteiger partial charge on any atom is -0.544 e. The van der Waals surface area contributed by atoms with Crippen LogP contribution in [0.1, 0.15) is 19.4 Å². The molecule has 9 heteroatoms. The maximum Gasteiger partial charge on any atom is 0.331 e. The first-order chi connectivity index (χ1) is 11.0. The van der Waals surface area contributed by atoms with Gasteiger partial charge in [-0.05, 0) is 74.9 Å². The maximum atomic E-state index is 13.5. The van der Waals surface area contributed by atoms with Crippen LogP contribution in [-0.2, 0) is 14.3 Å². The molecule has 132 valence electrons. The normalized spacial score (nSPS) is 13.3. The van der Waals surface area contributed by atoms with Crippen LogP contribution < -0.4 is 5.11 Å². The highest BCUT2D eigenvalue weighted by Crippen LogP contribution is 2.29. The standard InChI is InChI=1S/C15H14F2I2O5/c1-7(2)13(15(16,17)14(22)23)24-11(20)4-3-8-5-9(18)12(21)10(19)6-8/h3-7,13,21H,1-2H3,(H,22,23)/p-1/b4-3+. The average molecular weight is 565 g/mol. The Bertz CT molecular complexity index is 651. The lowest BCUT2D eigenvalue weighted by Gasteiger charge is -2.29. The third kappa shape index (κ3) is 5.26. The van der Waals surface area contributed by atoms with Crippen LogP contribution in [0.2, 0.25) is 0 Å². The number of phenols is 1. The van der Waals surface area contributed by atoms with Gasteiger partial charge < -0.3 is 19.7 Å². The van der Waals surface area contributed by atoms with Crippen molar-refractivity contribution in [2.24, 2.45) is 5.92 Å². The molecule has 1 aromatic rings. The number of halogens is 4. The van der Waals surface area contributed by atoms with Crippen LogP contribution in [0.25, 0.3) is 6.08 Å². The topological polar surface area (TPSA) is 86.7 Å². The second-order valence-electron chi connectivity index (χ2n) is 5.18. The fourth-order valence-electron chi connectivity index (χ4n) is 1.75. The summed E-state index contributed by atoms with van der Waals surface area (Å²) >= 11 is 3.81. The predicted octanol–water partition coefficient (Wildman–Crippen LogP) is 2.57. The van der Waals surface area contributed by atoms with Crippen LogP contribution in [0.3, 0.4) is 0 Å². The monoisotopic (exact) mass is 565 g/mol. The summed E-state index contributed by atoms with van der Waals surface area (Å²) in [5.41, 5.74) is 0.548. The van der Waals surface area contributed by atoms with E-state index in [1.165, 1.54) is 19.9 Å². The highest BCUT2D eigenvalue weighted by Gasteiger charge is 2.45. The first-order valence-corrected chi connectivity index (χ1v) is 8.78. The summed E-state index contributed by atoms with van der Waals surface area (Å²) in [4.78, 5) is 22.3. The molecular formula is C15H13F2I2O5-. The number of ether oxygens (including phenoxy) is 1. The molecule has 1 N–H and O–H groups in total. The molecule has 1 aromatic carbocycles. The van der Waals surface area contributed by atoms with Crippen molar-refractivity contribution in [2.45, 2.75) is 25.9 Å². The molecule has 0 bridgehead atoms. The summed E-state index contributed by atoms with van der Waals surface area (Å²) in [6, 6.07) is 3.16. The number of carbonyl (C=O) groups excluding carboxylic acids is 2. The largest absolute Gasteiger partial charge is 0.544 e. The third-order valence-corrected chi connectivity index (χ3v) is 4.57. The number of hydrogen-bond donors (Lipinski definition) is 1. The molecule has 0 aliphatic carbocycles. The fraction of sp³-hybridized carbons (Fsp3) is 0.333. The van der Waals surface area contributed by atoms with E-state index < -0.39 is 29.9 Å². The molecule has 1 atom stereocenters. The quantitative estimate of drug-likeness (QED) is 0.326. The number of carboxylic acid groups (broad SMARTS) is 1. The van der Waals surface area contributed by atoms with E-state index in [0.29, 0.717) is 12.7 Å². The van der Waals surface area contributed by atoms with Crippen LogP contribution in [0.15, 0.2) is 18.2 Å². The molecule has 1 unspecified atom stereocenters. The van der Waals surface area contributed by atoms with Gasteiger partial charge in [0.1, 0.15) is 11.7 Å². The van der Waals surface area contributed by atoms with Gasteiger partial charge in [0.2, 0.25) is 0 Å². The number of alkyl halides is 2. The lowest BCUT2D eigenvalue weighted by atomic mass is 10.0. The van der Waals surface area contributed by atoms with Gasteiger partial charge in [0, 0.05) is 6.08 Å². The van der Waals surface area contributed by atoms with Crippen molar-refractivity contribution in [3.05, 3.63) is 30.9 Å². The number of rotatable bonds is 6. The summed E-state index contributed by atoms with van der Waals surface area (Å²) in [6.07, 6.45) is 0.0969. The van der Waals surface area contributed by atoms with Crippen LogP contribution >= 0.6 is 45.2 Å². The third-order valence-electron chi connectivity index (χ3n) is 2.93. The zero-order valence-corrected chi connectivity index (χ0v) is 16.9. The van der Waals surface area contributed by atoms with E-state index >= 15 is 0 Å². The predicted molar refractivity (Wildman–Crippen MR) is 97.2 cm³/mol. The van der Waals surface area contributed by atoms with Gasteiger partial charge in [0.25, 0.3) is 0 Å². The zero-order chi connectivity index (χ0) is 18.7. The van der Waals surface area contributed by atoms with Crippen molar-refractivity contribution in [2.75, 3.05) is 0 Å². The van der Waals surface area contributed by atoms with Crippen molar-refractivity contribution in [1.29, 1.82) is 0 Å². The van der Waals surface area contributed by atoms with E-state index in [0.717, 1.165) is 6.08 Å². The number of esters is 1. The summed E-state index contributed by atoms with van der Waals surface area (Å²) in [7, 11) is 0. The Morgan fingerprint density at radius 3 is 2.21 bits per heavy atom. The number of aliphatic carboxylic acids is 1. The second kappa shape index (κ2) is 8.41. The molecule has 0 radical (unpaired) electrons. The number of phenolic OH excluding ortho intramolecular Hbond substituents is 1. The van der Waals surface area contributed by atoms with E-state index in [2.05, 4.69) is 4.74 Å². The van der Waals surface area contributed by atoms with Crippen LogP contribution in [-0.4, -0.2) is 29.1 Å². The van der Waals surface area contributed by atoms with Gasteiger partial charge in [-0.3, -0.25) is 0 Å². The second-order valence-corrected chi connectivity index (χ2v) is 7.50. The van der Waals surface area contributed by atoms with Crippen LogP contribution in [0.5, 0.6) is 5.75 Å². The number of benzene rings is 1. The molecule has 0 aliphatic heterocycles. The van der Waals surface area contributed by atoms with Crippen molar-refractivity contribution < 1.29 is 33.3 Å². The van der Waals surface area contributed by atoms with E-state index in [4.69, 9.17) is 0 Å². The molecule has 0 aliphatic rings. The Morgan fingerprint density at radius 2 is 1.79 bits per heavy atom. The van der Waals surface area contributed by atoms with Crippen molar-refractivity contribution in [1.82, 2.24) is 0 Å². The molecule has 0 amide bonds. The molecule has 0 saturated carbocycles. The molecule has 0 fully saturated rings. The zero-order valence-electron chi connectivity index (χ0n) is 12.6. The molecule has 0 heterocycles. The number of carboxylic acids is 1. The summed E-state index contributed by atoms with van der Waals surface area (Å²) in [6.45, 7) is 2.62. The average Bonchev–Trinajstić information content (AvgIpc) is 2.47. The highest BCUT2D eigenvalue weighted by molar-refractivity contribution is 14.1. The lowest BCUT2D eigenvalue weighted by molar-refractivity contribution is -0.337. The van der Waals surface area contributed by atoms with E-state index in [-0.39, 0.29) is 5.75 Å². The number of hydrogen-bond acceptors (Lipinski definition) is 5. The number of carbonyl (C=O) groups is 2. The molecule has 1 rings (SSSR count). The lowest BCUT2D eigenvalue weighted by Crippen LogP contribution is -2.53. The molecule has 0 saturated heterocycles. The molecule has 24 heavy (non-hydrogen) atoms. The highest BCUT2D eigenvalue weighted by atomic mass is 127. The minimum atomic E-state index is -4.29. The van der Waals surface area contributed by atoms with Crippen LogP contribution in [0.4, 0.5) is 8.78 Å². The molecule has 0 spiro atoms. The van der Waals surface area contributed by atoms with Crippen molar-refractivity contribution >= 4 is 63.2 Å². The number of aromatic hydroxyl groups is 1. The van der Waals surface area contributed by atoms with Gasteiger partial charge in [-0.25, -0.2) is 4.79 Å². The molecule has 5 nitrogen and oxygen atoms in total. The van der Waals surface area contributed by atoms with E-state index in [9.17, 15) is 28.6 Å². The Balaban J connectivity index is 2.93. The Kier molecular flexibility index (Phi) is 7.38. The van der Waals surface area contributed by atoms with E-state index in [1.54, 1.807) is 12.1 Å². The maximum absolute atomic E-state index is 13.5. The SMILES string of the molecule is CC(C)C(OC(=O)/C=C/c1cc(I)c(O)c(I)c1)C(F)(F)C(=O)[O-]. The van der Waals surface area contributed by atoms with E-state index in [1.807, 2.05) is 45.2 Å². The first-order valence-electron chi connectivity index (χ1n) is 6.62. The first kappa shape index (κ1) is 21.1. The van der Waals surface area contributed by atoms with Crippen molar-refractivity contribution in [3.8, 4) is 5.75 Å². The summed E-state index contributed by atoms with van der Waals surface area (Å²) < 4.78 is 32.8. The van der Waals surface area contributed by atoms with Gasteiger partial charge in [-0.15, -0.1) is 0 Å². The van der Waals surface area contributed by atoms with Gasteiger partial charge >= 0.3 is 11.9 Å². The Hall–Kier alpha value is -0.980. The van der Waals surface area contributed by atoms with Crippen molar-refractivity contribution in [3.63, 3.8) is 0 Å². The molecule has 0 aromatic heterocycles. The summed E-state index contributed by atoms with van der Waals surface area (Å²) in [5, 5.41) is 20.2. The minimum absolute atomic E-state index is 0.101.